The molecule has 0 aromatic carbocycles. The molecule has 0 aliphatic heterocycles. The van der Waals surface area contributed by atoms with Crippen LogP contribution in [0, 0.1) is 38.5 Å². The van der Waals surface area contributed by atoms with E-state index in [1.807, 2.05) is 0 Å². The maximum absolute atomic E-state index is 4.94. The van der Waals surface area contributed by atoms with E-state index in [4.69, 9.17) is 12.8 Å². The summed E-state index contributed by atoms with van der Waals surface area (Å²) in [6.45, 7) is 6.93. The van der Waals surface area contributed by atoms with Gasteiger partial charge < -0.3 is 11.8 Å². The molecule has 0 amide bonds. The number of hydrogen-bond acceptors (Lipinski definition) is 0. The molecule has 0 fully saturated rings. The van der Waals surface area contributed by atoms with Gasteiger partial charge in [-0.2, -0.15) is 0 Å². The van der Waals surface area contributed by atoms with E-state index in [0.717, 1.165) is 0 Å². The molecule has 0 aromatic heterocycles. The third-order valence-corrected chi connectivity index (χ3v) is 0.713. The van der Waals surface area contributed by atoms with Crippen LogP contribution in [0.2, 0.25) is 0 Å². The van der Waals surface area contributed by atoms with Gasteiger partial charge in [-0.05, 0) is 0 Å². The van der Waals surface area contributed by atoms with Crippen LogP contribution in [-0.4, -0.2) is 0 Å². The largest absolute Gasteiger partial charge is 0.303 e. The van der Waals surface area contributed by atoms with Gasteiger partial charge in [-0.25, -0.2) is 26.7 Å². The molecular formula is C8H6Y-2. The van der Waals surface area contributed by atoms with Gasteiger partial charge in [-0.1, -0.05) is 0 Å². The minimum Gasteiger partial charge on any atom is -0.303 e. The Morgan fingerprint density at radius 2 is 1.22 bits per heavy atom. The molecule has 0 saturated carbocycles. The maximum atomic E-state index is 4.94. The van der Waals surface area contributed by atoms with Gasteiger partial charge in [-0.15, -0.1) is 0 Å². The first kappa shape index (κ1) is 11.5. The monoisotopic (exact) mass is 191 g/mol. The van der Waals surface area contributed by atoms with Gasteiger partial charge in [0.25, 0.3) is 0 Å². The number of terminal acetylenes is 2. The minimum atomic E-state index is 0. The average Bonchev–Trinajstić information content (AvgIpc) is 1.84. The van der Waals surface area contributed by atoms with E-state index < -0.39 is 0 Å². The Morgan fingerprint density at radius 1 is 1.00 bits per heavy atom. The Labute approximate surface area is 82.0 Å². The maximum Gasteiger partial charge on any atom is 0 e. The van der Waals surface area contributed by atoms with Crippen molar-refractivity contribution in [2.45, 2.75) is 0 Å². The second-order valence-electron chi connectivity index (χ2n) is 1.25. The smallest absolute Gasteiger partial charge is 0 e. The standard InChI is InChI=1S/C8H6.Y/c1-5-7(3)8(4)6-2;/h1-2H,3-4H2;/q-2;/b8-7-;. The molecule has 9 heavy (non-hydrogen) atoms. The first-order valence-corrected chi connectivity index (χ1v) is 2.03. The molecule has 0 spiro atoms. The van der Waals surface area contributed by atoms with Crippen LogP contribution < -0.4 is 0 Å². The van der Waals surface area contributed by atoms with E-state index in [1.165, 1.54) is 0 Å². The molecule has 0 N–H and O–H groups in total. The molecule has 0 aliphatic carbocycles. The summed E-state index contributed by atoms with van der Waals surface area (Å²) in [5, 5.41) is 0. The van der Waals surface area contributed by atoms with E-state index in [2.05, 4.69) is 25.7 Å². The van der Waals surface area contributed by atoms with E-state index in [0.29, 0.717) is 11.1 Å². The van der Waals surface area contributed by atoms with Gasteiger partial charge in [0.1, 0.15) is 0 Å². The van der Waals surface area contributed by atoms with Crippen molar-refractivity contribution in [3.05, 3.63) is 25.0 Å². The molecule has 1 heteroatoms. The van der Waals surface area contributed by atoms with Gasteiger partial charge in [0.2, 0.25) is 0 Å². The van der Waals surface area contributed by atoms with Crippen molar-refractivity contribution in [3.8, 4) is 24.7 Å². The topological polar surface area (TPSA) is 0 Å². The summed E-state index contributed by atoms with van der Waals surface area (Å²) in [5.74, 6) is 4.56. The van der Waals surface area contributed by atoms with E-state index >= 15 is 0 Å². The van der Waals surface area contributed by atoms with Crippen LogP contribution in [0.25, 0.3) is 0 Å². The second-order valence-corrected chi connectivity index (χ2v) is 1.25. The zero-order valence-corrected chi connectivity index (χ0v) is 7.98. The fourth-order valence-corrected chi connectivity index (χ4v) is 0.174. The van der Waals surface area contributed by atoms with Gasteiger partial charge in [0.15, 0.2) is 0 Å². The van der Waals surface area contributed by atoms with Crippen molar-refractivity contribution in [1.29, 1.82) is 0 Å². The minimum absolute atomic E-state index is 0. The van der Waals surface area contributed by atoms with Crippen LogP contribution in [-0.2, 0) is 32.7 Å². The fourth-order valence-electron chi connectivity index (χ4n) is 0.174. The summed E-state index contributed by atoms with van der Waals surface area (Å²) in [4.78, 5) is 0. The molecule has 0 saturated heterocycles. The Kier molecular flexibility index (Phi) is 7.45. The van der Waals surface area contributed by atoms with Crippen LogP contribution in [0.15, 0.2) is 11.1 Å². The van der Waals surface area contributed by atoms with Gasteiger partial charge >= 0.3 is 0 Å². The summed E-state index contributed by atoms with van der Waals surface area (Å²) >= 11 is 0. The number of allylic oxidation sites excluding steroid dienone is 2. The van der Waals surface area contributed by atoms with Gasteiger partial charge in [0, 0.05) is 32.7 Å². The SMILES string of the molecule is C#C/C([CH2-])=C(/[CH2-])C#C.[Y]. The third kappa shape index (κ3) is 4.22. The van der Waals surface area contributed by atoms with Crippen molar-refractivity contribution in [2.24, 2.45) is 0 Å². The van der Waals surface area contributed by atoms with Crippen molar-refractivity contribution < 1.29 is 32.7 Å². The predicted molar refractivity (Wildman–Crippen MR) is 35.4 cm³/mol. The summed E-state index contributed by atoms with van der Waals surface area (Å²) in [6, 6.07) is 0. The van der Waals surface area contributed by atoms with Crippen LogP contribution in [0.1, 0.15) is 0 Å². The van der Waals surface area contributed by atoms with Crippen LogP contribution in [0.3, 0.4) is 0 Å². The molecule has 43 valence electrons. The van der Waals surface area contributed by atoms with E-state index in [-0.39, 0.29) is 32.7 Å². The normalized spacial score (nSPS) is 9.56. The summed E-state index contributed by atoms with van der Waals surface area (Å²) in [7, 11) is 0. The zero-order chi connectivity index (χ0) is 6.57. The molecule has 0 bridgehead atoms. The number of rotatable bonds is 0. The summed E-state index contributed by atoms with van der Waals surface area (Å²) in [5.41, 5.74) is 0.958. The molecule has 1 radical (unpaired) electrons. The molecular weight excluding hydrogens is 185 g/mol. The molecule has 0 aromatic rings. The van der Waals surface area contributed by atoms with Gasteiger partial charge in [0.05, 0.1) is 0 Å². The molecule has 0 nitrogen and oxygen atoms in total. The third-order valence-electron chi connectivity index (χ3n) is 0.713. The van der Waals surface area contributed by atoms with Crippen molar-refractivity contribution in [2.75, 3.05) is 0 Å². The quantitative estimate of drug-likeness (QED) is 0.399. The molecule has 0 atom stereocenters. The molecule has 0 rings (SSSR count). The second kappa shape index (κ2) is 5.83. The predicted octanol–water partition coefficient (Wildman–Crippen LogP) is 1.22. The zero-order valence-electron chi connectivity index (χ0n) is 5.15. The van der Waals surface area contributed by atoms with Gasteiger partial charge in [-0.3, -0.25) is 11.1 Å². The first-order chi connectivity index (χ1) is 3.72. The van der Waals surface area contributed by atoms with Crippen LogP contribution >= 0.6 is 0 Å². The fraction of sp³-hybridized carbons (Fsp3) is 0. The van der Waals surface area contributed by atoms with Crippen molar-refractivity contribution in [1.82, 2.24) is 0 Å². The summed E-state index contributed by atoms with van der Waals surface area (Å²) in [6.07, 6.45) is 9.89. The Morgan fingerprint density at radius 3 is 1.33 bits per heavy atom. The number of hydrogen-bond donors (Lipinski definition) is 0. The van der Waals surface area contributed by atoms with E-state index in [1.54, 1.807) is 0 Å². The van der Waals surface area contributed by atoms with Crippen LogP contribution in [0.5, 0.6) is 0 Å². The van der Waals surface area contributed by atoms with Crippen molar-refractivity contribution in [3.63, 3.8) is 0 Å². The van der Waals surface area contributed by atoms with Crippen LogP contribution in [0.4, 0.5) is 0 Å². The first-order valence-electron chi connectivity index (χ1n) is 2.03. The average molecular weight is 191 g/mol. The molecule has 0 unspecified atom stereocenters. The van der Waals surface area contributed by atoms with E-state index in [9.17, 15) is 0 Å². The Bertz CT molecular complexity index is 164. The Balaban J connectivity index is 0. The Hall–Kier alpha value is -0.296. The molecule has 0 heterocycles. The molecule has 0 aliphatic rings. The summed E-state index contributed by atoms with van der Waals surface area (Å²) < 4.78 is 0. The van der Waals surface area contributed by atoms with Crippen molar-refractivity contribution >= 4 is 0 Å².